The average molecular weight is 327 g/mol. The van der Waals surface area contributed by atoms with Crippen molar-refractivity contribution in [3.8, 4) is 0 Å². The molecular formula is C15H19ClN2O2S. The van der Waals surface area contributed by atoms with E-state index in [1.807, 2.05) is 36.1 Å². The summed E-state index contributed by atoms with van der Waals surface area (Å²) in [5, 5.41) is 0.531. The second-order valence-electron chi connectivity index (χ2n) is 5.22. The minimum atomic E-state index is -0.259. The second kappa shape index (κ2) is 7.18. The van der Waals surface area contributed by atoms with Crippen LogP contribution < -0.4 is 5.73 Å². The van der Waals surface area contributed by atoms with Crippen LogP contribution in [0.5, 0.6) is 0 Å². The van der Waals surface area contributed by atoms with E-state index in [0.717, 1.165) is 4.90 Å². The molecular weight excluding hydrogens is 308 g/mol. The lowest BCUT2D eigenvalue weighted by Gasteiger charge is -2.32. The van der Waals surface area contributed by atoms with Gasteiger partial charge in [0, 0.05) is 28.9 Å². The Kier molecular flexibility index (Phi) is 5.53. The van der Waals surface area contributed by atoms with Crippen LogP contribution in [0.1, 0.15) is 19.8 Å². The van der Waals surface area contributed by atoms with Gasteiger partial charge in [0.1, 0.15) is 0 Å². The fraction of sp³-hybridized carbons (Fsp3) is 0.467. The van der Waals surface area contributed by atoms with Crippen molar-refractivity contribution < 1.29 is 9.59 Å². The Morgan fingerprint density at radius 3 is 2.38 bits per heavy atom. The minimum Gasteiger partial charge on any atom is -0.369 e. The number of carbonyl (C=O) groups is 2. The zero-order valence-electron chi connectivity index (χ0n) is 11.9. The Morgan fingerprint density at radius 2 is 1.86 bits per heavy atom. The van der Waals surface area contributed by atoms with Crippen molar-refractivity contribution >= 4 is 35.2 Å². The van der Waals surface area contributed by atoms with Gasteiger partial charge in [0.15, 0.2) is 0 Å². The van der Waals surface area contributed by atoms with Gasteiger partial charge in [-0.3, -0.25) is 9.59 Å². The van der Waals surface area contributed by atoms with Gasteiger partial charge in [-0.15, -0.1) is 11.8 Å². The molecule has 1 aliphatic rings. The van der Waals surface area contributed by atoms with E-state index in [-0.39, 0.29) is 23.0 Å². The molecule has 0 bridgehead atoms. The molecule has 1 aliphatic heterocycles. The van der Waals surface area contributed by atoms with E-state index in [9.17, 15) is 9.59 Å². The Labute approximate surface area is 134 Å². The maximum absolute atomic E-state index is 12.4. The Hall–Kier alpha value is -1.20. The zero-order valence-corrected chi connectivity index (χ0v) is 13.5. The maximum atomic E-state index is 12.4. The predicted molar refractivity (Wildman–Crippen MR) is 85.3 cm³/mol. The van der Waals surface area contributed by atoms with Crippen LogP contribution in [0.15, 0.2) is 29.2 Å². The first-order valence-corrected chi connectivity index (χ1v) is 8.23. The molecule has 0 aromatic heterocycles. The lowest BCUT2D eigenvalue weighted by Crippen LogP contribution is -2.44. The predicted octanol–water partition coefficient (Wildman–Crippen LogP) is 2.54. The molecule has 1 aromatic rings. The quantitative estimate of drug-likeness (QED) is 0.865. The van der Waals surface area contributed by atoms with E-state index in [1.54, 1.807) is 0 Å². The van der Waals surface area contributed by atoms with Crippen LogP contribution in [0.3, 0.4) is 0 Å². The van der Waals surface area contributed by atoms with Gasteiger partial charge in [0.25, 0.3) is 0 Å². The summed E-state index contributed by atoms with van der Waals surface area (Å²) in [6.07, 6.45) is 1.33. The third-order valence-electron chi connectivity index (χ3n) is 3.68. The van der Waals surface area contributed by atoms with E-state index in [4.69, 9.17) is 17.3 Å². The van der Waals surface area contributed by atoms with Crippen LogP contribution >= 0.6 is 23.4 Å². The summed E-state index contributed by atoms with van der Waals surface area (Å²) in [5.41, 5.74) is 5.31. The lowest BCUT2D eigenvalue weighted by atomic mass is 9.96. The molecule has 1 atom stereocenters. The summed E-state index contributed by atoms with van der Waals surface area (Å²) in [7, 11) is 0. The van der Waals surface area contributed by atoms with Gasteiger partial charge >= 0.3 is 0 Å². The molecule has 1 fully saturated rings. The van der Waals surface area contributed by atoms with Gasteiger partial charge in [0.05, 0.1) is 5.25 Å². The molecule has 0 saturated carbocycles. The number of halogens is 1. The molecule has 1 unspecified atom stereocenters. The Balaban J connectivity index is 1.88. The van der Waals surface area contributed by atoms with E-state index >= 15 is 0 Å². The molecule has 1 heterocycles. The molecule has 6 heteroatoms. The van der Waals surface area contributed by atoms with Gasteiger partial charge in [-0.05, 0) is 44.0 Å². The smallest absolute Gasteiger partial charge is 0.235 e. The molecule has 0 aliphatic carbocycles. The van der Waals surface area contributed by atoms with E-state index in [1.165, 1.54) is 11.8 Å². The number of likely N-dealkylation sites (tertiary alicyclic amines) is 1. The molecule has 1 aromatic carbocycles. The Morgan fingerprint density at radius 1 is 1.29 bits per heavy atom. The lowest BCUT2D eigenvalue weighted by molar-refractivity contribution is -0.134. The third kappa shape index (κ3) is 4.38. The van der Waals surface area contributed by atoms with Crippen LogP contribution in [0, 0.1) is 5.92 Å². The maximum Gasteiger partial charge on any atom is 0.235 e. The van der Waals surface area contributed by atoms with Crippen LogP contribution in [0.4, 0.5) is 0 Å². The zero-order chi connectivity index (χ0) is 15.4. The number of rotatable bonds is 4. The van der Waals surface area contributed by atoms with Crippen molar-refractivity contribution in [1.29, 1.82) is 0 Å². The number of piperidine rings is 1. The van der Waals surface area contributed by atoms with Crippen molar-refractivity contribution in [2.75, 3.05) is 13.1 Å². The summed E-state index contributed by atoms with van der Waals surface area (Å²) in [6.45, 7) is 3.12. The topological polar surface area (TPSA) is 63.4 Å². The number of carbonyl (C=O) groups excluding carboxylic acids is 2. The number of nitrogens with two attached hydrogens (primary N) is 1. The monoisotopic (exact) mass is 326 g/mol. The van der Waals surface area contributed by atoms with Gasteiger partial charge in [-0.2, -0.15) is 0 Å². The SMILES string of the molecule is CC(Sc1ccc(Cl)cc1)C(=O)N1CCC(C(N)=O)CC1. The van der Waals surface area contributed by atoms with Gasteiger partial charge < -0.3 is 10.6 Å². The first-order chi connectivity index (χ1) is 9.97. The first kappa shape index (κ1) is 16.2. The molecule has 4 nitrogen and oxygen atoms in total. The standard InChI is InChI=1S/C15H19ClN2O2S/c1-10(21-13-4-2-12(16)3-5-13)15(20)18-8-6-11(7-9-18)14(17)19/h2-5,10-11H,6-9H2,1H3,(H2,17,19). The number of amides is 2. The highest BCUT2D eigenvalue weighted by atomic mass is 35.5. The van der Waals surface area contributed by atoms with Crippen molar-refractivity contribution in [2.45, 2.75) is 29.9 Å². The fourth-order valence-corrected chi connectivity index (χ4v) is 3.49. The van der Waals surface area contributed by atoms with Crippen LogP contribution in [0.2, 0.25) is 5.02 Å². The number of nitrogens with zero attached hydrogens (tertiary/aromatic N) is 1. The van der Waals surface area contributed by atoms with Crippen molar-refractivity contribution in [2.24, 2.45) is 11.7 Å². The van der Waals surface area contributed by atoms with E-state index in [0.29, 0.717) is 31.0 Å². The normalized spacial score (nSPS) is 17.5. The summed E-state index contributed by atoms with van der Waals surface area (Å²) < 4.78 is 0. The number of benzene rings is 1. The van der Waals surface area contributed by atoms with Gasteiger partial charge in [-0.1, -0.05) is 11.6 Å². The largest absolute Gasteiger partial charge is 0.369 e. The number of primary amides is 1. The molecule has 0 spiro atoms. The highest BCUT2D eigenvalue weighted by Gasteiger charge is 2.28. The summed E-state index contributed by atoms with van der Waals surface area (Å²) >= 11 is 7.37. The minimum absolute atomic E-state index is 0.0896. The van der Waals surface area contributed by atoms with Crippen LogP contribution in [-0.2, 0) is 9.59 Å². The molecule has 2 N–H and O–H groups in total. The molecule has 1 saturated heterocycles. The van der Waals surface area contributed by atoms with E-state index < -0.39 is 0 Å². The number of hydrogen-bond acceptors (Lipinski definition) is 3. The van der Waals surface area contributed by atoms with Crippen LogP contribution in [-0.4, -0.2) is 35.1 Å². The average Bonchev–Trinajstić information content (AvgIpc) is 2.49. The highest BCUT2D eigenvalue weighted by molar-refractivity contribution is 8.00. The summed E-state index contributed by atoms with van der Waals surface area (Å²) in [6, 6.07) is 7.46. The second-order valence-corrected chi connectivity index (χ2v) is 7.07. The van der Waals surface area contributed by atoms with E-state index in [2.05, 4.69) is 0 Å². The molecule has 2 rings (SSSR count). The Bertz CT molecular complexity index is 513. The molecule has 2 amide bonds. The molecule has 114 valence electrons. The number of thioether (sulfide) groups is 1. The highest BCUT2D eigenvalue weighted by Crippen LogP contribution is 2.27. The number of hydrogen-bond donors (Lipinski definition) is 1. The fourth-order valence-electron chi connectivity index (χ4n) is 2.41. The molecule has 21 heavy (non-hydrogen) atoms. The first-order valence-electron chi connectivity index (χ1n) is 6.97. The summed E-state index contributed by atoms with van der Waals surface area (Å²) in [5.74, 6) is -0.239. The third-order valence-corrected chi connectivity index (χ3v) is 5.03. The van der Waals surface area contributed by atoms with Gasteiger partial charge in [0.2, 0.25) is 11.8 Å². The summed E-state index contributed by atoms with van der Waals surface area (Å²) in [4.78, 5) is 26.4. The van der Waals surface area contributed by atoms with Crippen molar-refractivity contribution in [3.05, 3.63) is 29.3 Å². The van der Waals surface area contributed by atoms with Gasteiger partial charge in [-0.25, -0.2) is 0 Å². The van der Waals surface area contributed by atoms with Crippen LogP contribution in [0.25, 0.3) is 0 Å². The van der Waals surface area contributed by atoms with Crippen molar-refractivity contribution in [1.82, 2.24) is 4.90 Å². The molecule has 0 radical (unpaired) electrons. The van der Waals surface area contributed by atoms with Crippen molar-refractivity contribution in [3.63, 3.8) is 0 Å².